The number of aromatic hydroxyl groups is 1. The number of nitrogens with zero attached hydrogens (tertiary/aromatic N) is 2. The number of nitrogens with one attached hydrogen (secondary N) is 2. The van der Waals surface area contributed by atoms with Gasteiger partial charge in [-0.05, 0) is 53.9 Å². The van der Waals surface area contributed by atoms with Crippen molar-refractivity contribution in [2.45, 2.75) is 17.4 Å². The van der Waals surface area contributed by atoms with Gasteiger partial charge in [0.1, 0.15) is 11.8 Å². The number of phenolic OH excluding ortho intramolecular Hbond substituents is 1. The number of amides is 2. The van der Waals surface area contributed by atoms with Crippen LogP contribution in [0.2, 0.25) is 0 Å². The second-order valence-electron chi connectivity index (χ2n) is 7.01. The van der Waals surface area contributed by atoms with Crippen LogP contribution in [0.4, 0.5) is 10.5 Å². The number of benzene rings is 3. The first-order valence-electron chi connectivity index (χ1n) is 9.60. The Bertz CT molecular complexity index is 1330. The fourth-order valence-electron chi connectivity index (χ4n) is 3.10. The molecule has 6 N–H and O–H groups in total. The number of anilines is 1. The van der Waals surface area contributed by atoms with Crippen molar-refractivity contribution in [3.05, 3.63) is 66.2 Å². The number of hydrogen-bond acceptors (Lipinski definition) is 7. The Labute approximate surface area is 186 Å². The van der Waals surface area contributed by atoms with Gasteiger partial charge in [0.05, 0.1) is 22.1 Å². The second kappa shape index (κ2) is 9.08. The largest absolute Gasteiger partial charge is 0.508 e. The fraction of sp³-hybridized carbons (Fsp3) is 0.0909. The van der Waals surface area contributed by atoms with Crippen LogP contribution in [0.25, 0.3) is 22.1 Å². The van der Waals surface area contributed by atoms with E-state index < -0.39 is 18.0 Å². The number of carbonyl (C=O) groups is 2. The maximum atomic E-state index is 12.4. The summed E-state index contributed by atoms with van der Waals surface area (Å²) in [5.74, 6) is -1.22. The summed E-state index contributed by atoms with van der Waals surface area (Å²) in [5.41, 5.74) is 9.40. The van der Waals surface area contributed by atoms with Gasteiger partial charge in [-0.1, -0.05) is 18.2 Å². The molecule has 2 amide bonds. The second-order valence-corrected chi connectivity index (χ2v) is 7.89. The van der Waals surface area contributed by atoms with Crippen molar-refractivity contribution in [3.8, 4) is 5.75 Å². The monoisotopic (exact) mass is 449 g/mol. The normalized spacial score (nSPS) is 11.9. The lowest BCUT2D eigenvalue weighted by atomic mass is 10.0. The van der Waals surface area contributed by atoms with Crippen molar-refractivity contribution < 1.29 is 19.8 Å². The zero-order chi connectivity index (χ0) is 22.7. The average Bonchev–Trinajstić information content (AvgIpc) is 2.77. The standard InChI is InChI=1S/C22H19N5O4S/c23-15(21(29)30)9-12-5-6-13(28)10-19(12)26-22(31)27-32-14-7-8-18-20(11-14)25-17-4-2-1-3-16(17)24-18/h1-8,10-11,15,28H,9,23H2,(H,29,30)(H2,26,27,31). The van der Waals surface area contributed by atoms with Crippen LogP contribution in [-0.4, -0.2) is 38.2 Å². The maximum Gasteiger partial charge on any atom is 0.329 e. The summed E-state index contributed by atoms with van der Waals surface area (Å²) in [6.45, 7) is 0. The van der Waals surface area contributed by atoms with Gasteiger partial charge in [-0.25, -0.2) is 14.8 Å². The molecule has 1 heterocycles. The van der Waals surface area contributed by atoms with E-state index in [1.165, 1.54) is 18.2 Å². The molecule has 0 spiro atoms. The van der Waals surface area contributed by atoms with E-state index in [-0.39, 0.29) is 17.9 Å². The molecule has 32 heavy (non-hydrogen) atoms. The molecule has 10 heteroatoms. The first kappa shape index (κ1) is 21.3. The number of rotatable bonds is 6. The number of carboxylic acids is 1. The highest BCUT2D eigenvalue weighted by molar-refractivity contribution is 7.98. The summed E-state index contributed by atoms with van der Waals surface area (Å²) >= 11 is 1.09. The number of aliphatic carboxylic acids is 1. The van der Waals surface area contributed by atoms with E-state index in [0.717, 1.165) is 33.4 Å². The van der Waals surface area contributed by atoms with Crippen molar-refractivity contribution in [1.82, 2.24) is 14.7 Å². The zero-order valence-electron chi connectivity index (χ0n) is 16.6. The quantitative estimate of drug-likeness (QED) is 0.222. The predicted molar refractivity (Wildman–Crippen MR) is 122 cm³/mol. The maximum absolute atomic E-state index is 12.4. The van der Waals surface area contributed by atoms with E-state index in [1.54, 1.807) is 0 Å². The van der Waals surface area contributed by atoms with E-state index in [1.807, 2.05) is 42.5 Å². The van der Waals surface area contributed by atoms with Crippen molar-refractivity contribution in [2.75, 3.05) is 5.32 Å². The SMILES string of the molecule is NC(Cc1ccc(O)cc1NC(=O)NSc1ccc2nc3ccccc3nc2c1)C(=O)O. The highest BCUT2D eigenvalue weighted by Crippen LogP contribution is 2.25. The number of urea groups is 1. The molecule has 4 rings (SSSR count). The lowest BCUT2D eigenvalue weighted by Crippen LogP contribution is -2.33. The molecule has 1 aromatic heterocycles. The molecule has 0 radical (unpaired) electrons. The van der Waals surface area contributed by atoms with Crippen LogP contribution in [0.1, 0.15) is 5.56 Å². The lowest BCUT2D eigenvalue weighted by Gasteiger charge is -2.14. The molecule has 162 valence electrons. The molecule has 9 nitrogen and oxygen atoms in total. The minimum atomic E-state index is -1.16. The van der Waals surface area contributed by atoms with Gasteiger partial charge in [-0.3, -0.25) is 9.52 Å². The highest BCUT2D eigenvalue weighted by atomic mass is 32.2. The van der Waals surface area contributed by atoms with Crippen molar-refractivity contribution in [3.63, 3.8) is 0 Å². The molecule has 1 unspecified atom stereocenters. The number of aromatic nitrogens is 2. The third-order valence-electron chi connectivity index (χ3n) is 4.67. The molecule has 3 aromatic carbocycles. The molecule has 0 saturated heterocycles. The number of carbonyl (C=O) groups excluding carboxylic acids is 1. The van der Waals surface area contributed by atoms with Gasteiger partial charge >= 0.3 is 12.0 Å². The Morgan fingerprint density at radius 2 is 1.66 bits per heavy atom. The number of carboxylic acid groups (broad SMARTS) is 1. The lowest BCUT2D eigenvalue weighted by molar-refractivity contribution is -0.138. The summed E-state index contributed by atoms with van der Waals surface area (Å²) in [4.78, 5) is 33.4. The minimum Gasteiger partial charge on any atom is -0.508 e. The van der Waals surface area contributed by atoms with Crippen LogP contribution < -0.4 is 15.8 Å². The van der Waals surface area contributed by atoms with Crippen LogP contribution in [-0.2, 0) is 11.2 Å². The number of para-hydroxylation sites is 2. The Balaban J connectivity index is 1.46. The van der Waals surface area contributed by atoms with Gasteiger partial charge in [0.25, 0.3) is 0 Å². The highest BCUT2D eigenvalue weighted by Gasteiger charge is 2.16. The van der Waals surface area contributed by atoms with E-state index >= 15 is 0 Å². The van der Waals surface area contributed by atoms with E-state index in [0.29, 0.717) is 11.1 Å². The number of phenols is 1. The van der Waals surface area contributed by atoms with E-state index in [4.69, 9.17) is 10.8 Å². The summed E-state index contributed by atoms with van der Waals surface area (Å²) in [7, 11) is 0. The van der Waals surface area contributed by atoms with Gasteiger partial charge in [0, 0.05) is 23.1 Å². The van der Waals surface area contributed by atoms with Gasteiger partial charge in [0.15, 0.2) is 0 Å². The third-order valence-corrected chi connectivity index (χ3v) is 5.45. The van der Waals surface area contributed by atoms with Crippen molar-refractivity contribution in [1.29, 1.82) is 0 Å². The number of nitrogens with two attached hydrogens (primary N) is 1. The van der Waals surface area contributed by atoms with Crippen LogP contribution in [0.15, 0.2) is 65.6 Å². The summed E-state index contributed by atoms with van der Waals surface area (Å²) in [6, 6.07) is 15.6. The molecule has 1 atom stereocenters. The van der Waals surface area contributed by atoms with Gasteiger partial charge in [-0.2, -0.15) is 0 Å². The molecule has 0 fully saturated rings. The van der Waals surface area contributed by atoms with E-state index in [9.17, 15) is 14.7 Å². The van der Waals surface area contributed by atoms with E-state index in [2.05, 4.69) is 20.0 Å². The van der Waals surface area contributed by atoms with Crippen LogP contribution in [0.3, 0.4) is 0 Å². The predicted octanol–water partition coefficient (Wildman–Crippen LogP) is 3.27. The first-order chi connectivity index (χ1) is 15.4. The summed E-state index contributed by atoms with van der Waals surface area (Å²) in [6.07, 6.45) is -0.00430. The zero-order valence-corrected chi connectivity index (χ0v) is 17.5. The average molecular weight is 449 g/mol. The van der Waals surface area contributed by atoms with Crippen LogP contribution in [0.5, 0.6) is 5.75 Å². The van der Waals surface area contributed by atoms with Crippen molar-refractivity contribution >= 4 is 51.7 Å². The smallest absolute Gasteiger partial charge is 0.329 e. The minimum absolute atomic E-state index is 0.00430. The molecule has 0 bridgehead atoms. The van der Waals surface area contributed by atoms with Gasteiger partial charge < -0.3 is 21.3 Å². The van der Waals surface area contributed by atoms with Gasteiger partial charge in [0.2, 0.25) is 0 Å². The molecule has 0 aliphatic carbocycles. The molecular weight excluding hydrogens is 430 g/mol. The summed E-state index contributed by atoms with van der Waals surface area (Å²) < 4.78 is 2.66. The molecule has 4 aromatic rings. The molecule has 0 aliphatic heterocycles. The van der Waals surface area contributed by atoms with Gasteiger partial charge in [-0.15, -0.1) is 0 Å². The van der Waals surface area contributed by atoms with Crippen LogP contribution >= 0.6 is 11.9 Å². The third kappa shape index (κ3) is 4.88. The molecule has 0 aliphatic rings. The number of hydrogen-bond donors (Lipinski definition) is 5. The first-order valence-corrected chi connectivity index (χ1v) is 10.4. The Hall–Kier alpha value is -3.89. The fourth-order valence-corrected chi connectivity index (χ4v) is 3.67. The number of fused-ring (bicyclic) bond motifs is 2. The molecule has 0 saturated carbocycles. The topological polar surface area (TPSA) is 150 Å². The Morgan fingerprint density at radius 3 is 2.38 bits per heavy atom. The Kier molecular flexibility index (Phi) is 6.06. The molecular formula is C22H19N5O4S. The Morgan fingerprint density at radius 1 is 0.969 bits per heavy atom. The van der Waals surface area contributed by atoms with Crippen LogP contribution in [0, 0.1) is 0 Å². The summed E-state index contributed by atoms with van der Waals surface area (Å²) in [5, 5.41) is 21.4. The van der Waals surface area contributed by atoms with Crippen molar-refractivity contribution in [2.24, 2.45) is 5.73 Å².